The maximum atomic E-state index is 15.1. The molecule has 1 heterocycles. The largest absolute Gasteiger partial charge is 0.395 e. The average molecular weight is 509 g/mol. The molecule has 1 saturated heterocycles. The quantitative estimate of drug-likeness (QED) is 0.210. The average Bonchev–Trinajstić information content (AvgIpc) is 3.25. The van der Waals surface area contributed by atoms with Gasteiger partial charge >= 0.3 is 0 Å². The fourth-order valence-electron chi connectivity index (χ4n) is 4.02. The number of aliphatic hydroxyl groups is 1. The summed E-state index contributed by atoms with van der Waals surface area (Å²) in [5.74, 6) is -0.780. The van der Waals surface area contributed by atoms with Crippen molar-refractivity contribution in [1.29, 1.82) is 5.41 Å². The van der Waals surface area contributed by atoms with Crippen molar-refractivity contribution in [3.63, 3.8) is 0 Å². The molecule has 0 radical (unpaired) electrons. The fraction of sp³-hybridized carbons (Fsp3) is 0.360. The molecule has 1 fully saturated rings. The molecule has 0 spiro atoms. The Morgan fingerprint density at radius 3 is 2.65 bits per heavy atom. The zero-order valence-corrected chi connectivity index (χ0v) is 21.2. The van der Waals surface area contributed by atoms with E-state index in [1.165, 1.54) is 18.2 Å². The van der Waals surface area contributed by atoms with Crippen molar-refractivity contribution in [2.75, 3.05) is 36.9 Å². The van der Waals surface area contributed by atoms with Crippen LogP contribution in [-0.4, -0.2) is 47.9 Å². The molecule has 3 rings (SSSR count). The van der Waals surface area contributed by atoms with Gasteiger partial charge in [0.15, 0.2) is 0 Å². The minimum Gasteiger partial charge on any atom is -0.395 e. The zero-order valence-electron chi connectivity index (χ0n) is 19.6. The van der Waals surface area contributed by atoms with Gasteiger partial charge in [-0.3, -0.25) is 4.79 Å². The monoisotopic (exact) mass is 508 g/mol. The van der Waals surface area contributed by atoms with E-state index in [0.29, 0.717) is 42.2 Å². The Morgan fingerprint density at radius 1 is 1.32 bits per heavy atom. The van der Waals surface area contributed by atoms with Gasteiger partial charge < -0.3 is 26.0 Å². The van der Waals surface area contributed by atoms with Crippen molar-refractivity contribution in [1.82, 2.24) is 4.90 Å². The first-order valence-electron chi connectivity index (χ1n) is 11.1. The molecule has 1 aliphatic heterocycles. The Kier molecular flexibility index (Phi) is 9.91. The summed E-state index contributed by atoms with van der Waals surface area (Å²) in [7, 11) is 0. The van der Waals surface area contributed by atoms with Crippen LogP contribution in [0.1, 0.15) is 38.3 Å². The van der Waals surface area contributed by atoms with Crippen LogP contribution in [-0.2, 0) is 10.3 Å². The maximum absolute atomic E-state index is 15.1. The van der Waals surface area contributed by atoms with Crippen LogP contribution in [0.15, 0.2) is 43.0 Å². The number of carbonyl (C=O) groups is 1. The number of likely N-dealkylation sites (tertiary alicyclic amines) is 1. The maximum Gasteiger partial charge on any atom is 0.246 e. The van der Waals surface area contributed by atoms with Crippen LogP contribution in [0.5, 0.6) is 0 Å². The summed E-state index contributed by atoms with van der Waals surface area (Å²) in [5, 5.41) is 24.0. The molecule has 0 aromatic heterocycles. The first kappa shape index (κ1) is 27.6. The Bertz CT molecular complexity index is 1060. The van der Waals surface area contributed by atoms with Gasteiger partial charge in [-0.15, -0.1) is 0 Å². The number of anilines is 2. The third-order valence-electron chi connectivity index (χ3n) is 5.51. The smallest absolute Gasteiger partial charge is 0.246 e. The van der Waals surface area contributed by atoms with Gasteiger partial charge in [0.05, 0.1) is 22.2 Å². The molecule has 2 aromatic rings. The number of aliphatic hydroxyl groups excluding tert-OH is 1. The van der Waals surface area contributed by atoms with E-state index in [1.807, 2.05) is 13.8 Å². The SMILES string of the molecule is C=CC(=O)N1CCC(Nc2ccc(C(C)=N)c(NCCO)c2)(c2c(F)ccc(Cl)c2Cl)C1.CC. The molecule has 1 atom stereocenters. The number of nitrogens with one attached hydrogen (secondary N) is 3. The third-order valence-corrected chi connectivity index (χ3v) is 6.32. The van der Waals surface area contributed by atoms with E-state index < -0.39 is 11.4 Å². The number of nitrogens with zero attached hydrogens (tertiary/aromatic N) is 1. The van der Waals surface area contributed by atoms with Crippen LogP contribution >= 0.6 is 23.2 Å². The minimum absolute atomic E-state index is 0.0694. The molecule has 1 aliphatic rings. The lowest BCUT2D eigenvalue weighted by molar-refractivity contribution is -0.125. The zero-order chi connectivity index (χ0) is 25.5. The van der Waals surface area contributed by atoms with E-state index in [9.17, 15) is 9.90 Å². The van der Waals surface area contributed by atoms with E-state index >= 15 is 4.39 Å². The summed E-state index contributed by atoms with van der Waals surface area (Å²) in [6.45, 7) is 10.0. The molecule has 184 valence electrons. The lowest BCUT2D eigenvalue weighted by Crippen LogP contribution is -2.41. The van der Waals surface area contributed by atoms with Crippen LogP contribution < -0.4 is 10.6 Å². The highest BCUT2D eigenvalue weighted by Crippen LogP contribution is 2.43. The highest BCUT2D eigenvalue weighted by atomic mass is 35.5. The molecule has 4 N–H and O–H groups in total. The van der Waals surface area contributed by atoms with E-state index in [-0.39, 0.29) is 34.7 Å². The standard InChI is InChI=1S/C23H25Cl2FN4O2.C2H6/c1-3-20(32)30-10-8-23(13-30,21-18(26)7-6-17(24)22(21)25)29-15-4-5-16(14(2)27)19(12-15)28-9-11-31;1-2/h3-7,12,27-29,31H,1,8-11,13H2,2H3;1-2H3. The van der Waals surface area contributed by atoms with E-state index in [1.54, 1.807) is 30.0 Å². The van der Waals surface area contributed by atoms with Gasteiger partial charge in [-0.05, 0) is 49.8 Å². The van der Waals surface area contributed by atoms with Gasteiger partial charge in [0.1, 0.15) is 5.82 Å². The highest BCUT2D eigenvalue weighted by Gasteiger charge is 2.44. The van der Waals surface area contributed by atoms with Crippen molar-refractivity contribution in [2.24, 2.45) is 0 Å². The molecule has 1 amide bonds. The van der Waals surface area contributed by atoms with Crippen molar-refractivity contribution >= 4 is 46.2 Å². The number of rotatable bonds is 8. The molecule has 34 heavy (non-hydrogen) atoms. The van der Waals surface area contributed by atoms with Gasteiger partial charge in [0, 0.05) is 47.8 Å². The van der Waals surface area contributed by atoms with Gasteiger partial charge in [0.2, 0.25) is 5.91 Å². The van der Waals surface area contributed by atoms with Crippen LogP contribution in [0.3, 0.4) is 0 Å². The van der Waals surface area contributed by atoms with Gasteiger partial charge in [-0.2, -0.15) is 0 Å². The summed E-state index contributed by atoms with van der Waals surface area (Å²) in [5.41, 5.74) is 1.50. The molecule has 2 aromatic carbocycles. The first-order valence-corrected chi connectivity index (χ1v) is 11.9. The van der Waals surface area contributed by atoms with E-state index in [0.717, 1.165) is 0 Å². The van der Waals surface area contributed by atoms with Crippen molar-refractivity contribution < 1.29 is 14.3 Å². The van der Waals surface area contributed by atoms with Gasteiger partial charge in [0.25, 0.3) is 0 Å². The molecule has 9 heteroatoms. The Morgan fingerprint density at radius 2 is 2.03 bits per heavy atom. The molecule has 0 bridgehead atoms. The lowest BCUT2D eigenvalue weighted by Gasteiger charge is -2.34. The van der Waals surface area contributed by atoms with Crippen LogP contribution in [0.4, 0.5) is 15.8 Å². The van der Waals surface area contributed by atoms with Crippen LogP contribution in [0, 0.1) is 11.2 Å². The molecule has 0 aliphatic carbocycles. The van der Waals surface area contributed by atoms with Crippen molar-refractivity contribution in [3.8, 4) is 0 Å². The second-order valence-corrected chi connectivity index (χ2v) is 8.46. The van der Waals surface area contributed by atoms with Gasteiger partial charge in [-0.25, -0.2) is 4.39 Å². The number of benzene rings is 2. The summed E-state index contributed by atoms with van der Waals surface area (Å²) in [6.07, 6.45) is 1.62. The summed E-state index contributed by atoms with van der Waals surface area (Å²) >= 11 is 12.7. The van der Waals surface area contributed by atoms with Crippen LogP contribution in [0.2, 0.25) is 10.0 Å². The normalized spacial score (nSPS) is 17.0. The summed E-state index contributed by atoms with van der Waals surface area (Å²) < 4.78 is 15.1. The highest BCUT2D eigenvalue weighted by molar-refractivity contribution is 6.42. The molecule has 1 unspecified atom stereocenters. The summed E-state index contributed by atoms with van der Waals surface area (Å²) in [6, 6.07) is 8.01. The minimum atomic E-state index is -1.03. The number of hydrogen-bond acceptors (Lipinski definition) is 5. The second kappa shape index (κ2) is 12.2. The van der Waals surface area contributed by atoms with Crippen molar-refractivity contribution in [2.45, 2.75) is 32.7 Å². The molecule has 0 saturated carbocycles. The van der Waals surface area contributed by atoms with Crippen LogP contribution in [0.25, 0.3) is 0 Å². The lowest BCUT2D eigenvalue weighted by atomic mass is 9.87. The van der Waals surface area contributed by atoms with E-state index in [2.05, 4.69) is 17.2 Å². The summed E-state index contributed by atoms with van der Waals surface area (Å²) in [4.78, 5) is 13.9. The topological polar surface area (TPSA) is 88.5 Å². The predicted octanol–water partition coefficient (Wildman–Crippen LogP) is 5.68. The molecule has 6 nitrogen and oxygen atoms in total. The number of hydrogen-bond donors (Lipinski definition) is 4. The number of amides is 1. The Labute approximate surface area is 210 Å². The Hall–Kier alpha value is -2.61. The predicted molar refractivity (Wildman–Crippen MR) is 139 cm³/mol. The Balaban J connectivity index is 0.00000199. The fourth-order valence-corrected chi connectivity index (χ4v) is 4.52. The number of halogens is 3. The van der Waals surface area contributed by atoms with Gasteiger partial charge in [-0.1, -0.05) is 43.6 Å². The number of carbonyl (C=O) groups excluding carboxylic acids is 1. The third kappa shape index (κ3) is 5.90. The first-order chi connectivity index (χ1) is 16.2. The van der Waals surface area contributed by atoms with Crippen molar-refractivity contribution in [3.05, 3.63) is 70.0 Å². The molecular formula is C25H31Cl2FN4O2. The second-order valence-electron chi connectivity index (χ2n) is 7.67. The van der Waals surface area contributed by atoms with E-state index in [4.69, 9.17) is 28.6 Å². The molecular weight excluding hydrogens is 478 g/mol.